The normalized spacial score (nSPS) is 10.2. The van der Waals surface area contributed by atoms with E-state index in [1.807, 2.05) is 0 Å². The standard InChI is InChI=1S/C14H12N2O4/c15-13(18)10-3-1-9(2-4-10)7-16-8-11(14(19)20)5-6-12(16)17/h1-6,8H,7H2,(H2,15,18)(H,19,20). The van der Waals surface area contributed by atoms with Gasteiger partial charge < -0.3 is 15.4 Å². The van der Waals surface area contributed by atoms with Crippen LogP contribution in [0, 0.1) is 0 Å². The topological polar surface area (TPSA) is 102 Å². The maximum Gasteiger partial charge on any atom is 0.337 e. The summed E-state index contributed by atoms with van der Waals surface area (Å²) in [6, 6.07) is 8.92. The van der Waals surface area contributed by atoms with E-state index < -0.39 is 11.9 Å². The van der Waals surface area contributed by atoms with Crippen molar-refractivity contribution in [2.45, 2.75) is 6.54 Å². The van der Waals surface area contributed by atoms with E-state index in [0.717, 1.165) is 5.56 Å². The average Bonchev–Trinajstić information content (AvgIpc) is 2.41. The van der Waals surface area contributed by atoms with Gasteiger partial charge in [-0.15, -0.1) is 0 Å². The zero-order chi connectivity index (χ0) is 14.7. The maximum atomic E-state index is 11.7. The number of carbonyl (C=O) groups excluding carboxylic acids is 1. The summed E-state index contributed by atoms with van der Waals surface area (Å²) < 4.78 is 1.29. The third-order valence-corrected chi connectivity index (χ3v) is 2.82. The number of primary amides is 1. The van der Waals surface area contributed by atoms with Crippen LogP contribution in [0.1, 0.15) is 26.3 Å². The second-order valence-electron chi connectivity index (χ2n) is 4.25. The van der Waals surface area contributed by atoms with Gasteiger partial charge in [0.2, 0.25) is 5.91 Å². The number of hydrogen-bond donors (Lipinski definition) is 2. The predicted molar refractivity (Wildman–Crippen MR) is 71.7 cm³/mol. The molecule has 0 fully saturated rings. The molecule has 3 N–H and O–H groups in total. The van der Waals surface area contributed by atoms with E-state index >= 15 is 0 Å². The number of carboxylic acids is 1. The van der Waals surface area contributed by atoms with Crippen LogP contribution in [0.15, 0.2) is 47.4 Å². The third-order valence-electron chi connectivity index (χ3n) is 2.82. The molecule has 1 aromatic heterocycles. The molecule has 1 amide bonds. The molecule has 0 unspecified atom stereocenters. The second kappa shape index (κ2) is 5.40. The van der Waals surface area contributed by atoms with Crippen molar-refractivity contribution in [2.75, 3.05) is 0 Å². The molecule has 0 aliphatic heterocycles. The number of carbonyl (C=O) groups is 2. The highest BCUT2D eigenvalue weighted by Crippen LogP contribution is 2.06. The molecule has 6 heteroatoms. The molecule has 0 atom stereocenters. The largest absolute Gasteiger partial charge is 0.478 e. The molecule has 0 radical (unpaired) electrons. The summed E-state index contributed by atoms with van der Waals surface area (Å²) in [5.41, 5.74) is 6.02. The molecule has 20 heavy (non-hydrogen) atoms. The number of rotatable bonds is 4. The number of amides is 1. The first-order chi connectivity index (χ1) is 9.47. The summed E-state index contributed by atoms with van der Waals surface area (Å²) in [5, 5.41) is 8.90. The molecule has 0 saturated heterocycles. The van der Waals surface area contributed by atoms with Gasteiger partial charge in [-0.2, -0.15) is 0 Å². The smallest absolute Gasteiger partial charge is 0.337 e. The zero-order valence-electron chi connectivity index (χ0n) is 10.4. The number of nitrogens with zero attached hydrogens (tertiary/aromatic N) is 1. The van der Waals surface area contributed by atoms with Crippen LogP contribution in [0.3, 0.4) is 0 Å². The van der Waals surface area contributed by atoms with Crippen molar-refractivity contribution >= 4 is 11.9 Å². The molecule has 102 valence electrons. The maximum absolute atomic E-state index is 11.7. The van der Waals surface area contributed by atoms with Gasteiger partial charge in [-0.3, -0.25) is 9.59 Å². The predicted octanol–water partition coefficient (Wildman–Crippen LogP) is 0.694. The zero-order valence-corrected chi connectivity index (χ0v) is 10.4. The first-order valence-electron chi connectivity index (χ1n) is 5.80. The first kappa shape index (κ1) is 13.5. The summed E-state index contributed by atoms with van der Waals surface area (Å²) in [6.45, 7) is 0.221. The van der Waals surface area contributed by atoms with Crippen LogP contribution >= 0.6 is 0 Å². The number of aromatic carboxylic acids is 1. The molecule has 0 aliphatic rings. The van der Waals surface area contributed by atoms with Crippen LogP contribution in [0.4, 0.5) is 0 Å². The van der Waals surface area contributed by atoms with Gasteiger partial charge in [0.25, 0.3) is 5.56 Å². The Morgan fingerprint density at radius 1 is 1.05 bits per heavy atom. The Morgan fingerprint density at radius 2 is 1.65 bits per heavy atom. The van der Waals surface area contributed by atoms with Crippen molar-refractivity contribution in [1.82, 2.24) is 4.57 Å². The van der Waals surface area contributed by atoms with E-state index in [9.17, 15) is 14.4 Å². The Balaban J connectivity index is 2.29. The van der Waals surface area contributed by atoms with E-state index in [2.05, 4.69) is 0 Å². The lowest BCUT2D eigenvalue weighted by atomic mass is 10.1. The van der Waals surface area contributed by atoms with Crippen molar-refractivity contribution < 1.29 is 14.7 Å². The Labute approximate surface area is 114 Å². The van der Waals surface area contributed by atoms with Gasteiger partial charge >= 0.3 is 5.97 Å². The number of pyridine rings is 1. The molecule has 0 bridgehead atoms. The number of aromatic nitrogens is 1. The van der Waals surface area contributed by atoms with Crippen LogP contribution in [-0.4, -0.2) is 21.6 Å². The number of benzene rings is 1. The summed E-state index contributed by atoms with van der Waals surface area (Å²) in [6.07, 6.45) is 1.28. The molecule has 2 aromatic rings. The minimum atomic E-state index is -1.09. The highest BCUT2D eigenvalue weighted by Gasteiger charge is 2.06. The summed E-state index contributed by atoms with van der Waals surface area (Å²) in [5.74, 6) is -1.62. The van der Waals surface area contributed by atoms with E-state index in [1.165, 1.54) is 22.9 Å². The third kappa shape index (κ3) is 2.92. The molecule has 0 spiro atoms. The summed E-state index contributed by atoms with van der Waals surface area (Å²) in [7, 11) is 0. The van der Waals surface area contributed by atoms with Gasteiger partial charge in [-0.25, -0.2) is 4.79 Å². The number of carboxylic acid groups (broad SMARTS) is 1. The number of hydrogen-bond acceptors (Lipinski definition) is 3. The highest BCUT2D eigenvalue weighted by molar-refractivity contribution is 5.92. The number of nitrogens with two attached hydrogens (primary N) is 1. The van der Waals surface area contributed by atoms with Crippen LogP contribution in [0.2, 0.25) is 0 Å². The highest BCUT2D eigenvalue weighted by atomic mass is 16.4. The summed E-state index contributed by atoms with van der Waals surface area (Å²) in [4.78, 5) is 33.5. The quantitative estimate of drug-likeness (QED) is 0.854. The van der Waals surface area contributed by atoms with Crippen LogP contribution in [0.5, 0.6) is 0 Å². The Kier molecular flexibility index (Phi) is 3.65. The minimum absolute atomic E-state index is 0.0401. The van der Waals surface area contributed by atoms with E-state index in [0.29, 0.717) is 5.56 Å². The van der Waals surface area contributed by atoms with E-state index in [4.69, 9.17) is 10.8 Å². The Hall–Kier alpha value is -2.89. The Bertz CT molecular complexity index is 717. The second-order valence-corrected chi connectivity index (χ2v) is 4.25. The van der Waals surface area contributed by atoms with Gasteiger partial charge in [0.05, 0.1) is 12.1 Å². The van der Waals surface area contributed by atoms with Crippen LogP contribution < -0.4 is 11.3 Å². The van der Waals surface area contributed by atoms with Crippen LogP contribution in [0.25, 0.3) is 0 Å². The molecular weight excluding hydrogens is 260 g/mol. The van der Waals surface area contributed by atoms with Gasteiger partial charge in [-0.05, 0) is 23.8 Å². The SMILES string of the molecule is NC(=O)c1ccc(Cn2cc(C(=O)O)ccc2=O)cc1. The molecular formula is C14H12N2O4. The lowest BCUT2D eigenvalue weighted by Gasteiger charge is -2.07. The molecule has 6 nitrogen and oxygen atoms in total. The van der Waals surface area contributed by atoms with E-state index in [1.54, 1.807) is 24.3 Å². The molecule has 2 rings (SSSR count). The van der Waals surface area contributed by atoms with Gasteiger partial charge in [-0.1, -0.05) is 12.1 Å². The monoisotopic (exact) mass is 272 g/mol. The van der Waals surface area contributed by atoms with E-state index in [-0.39, 0.29) is 17.7 Å². The van der Waals surface area contributed by atoms with Crippen molar-refractivity contribution in [3.8, 4) is 0 Å². The van der Waals surface area contributed by atoms with Crippen LogP contribution in [-0.2, 0) is 6.54 Å². The van der Waals surface area contributed by atoms with Gasteiger partial charge in [0.15, 0.2) is 0 Å². The molecule has 0 saturated carbocycles. The molecule has 1 aromatic carbocycles. The first-order valence-corrected chi connectivity index (χ1v) is 5.80. The van der Waals surface area contributed by atoms with Crippen molar-refractivity contribution in [3.05, 3.63) is 69.6 Å². The fourth-order valence-corrected chi connectivity index (χ4v) is 1.75. The fraction of sp³-hybridized carbons (Fsp3) is 0.0714. The fourth-order valence-electron chi connectivity index (χ4n) is 1.75. The van der Waals surface area contributed by atoms with Crippen molar-refractivity contribution in [3.63, 3.8) is 0 Å². The summed E-state index contributed by atoms with van der Waals surface area (Å²) >= 11 is 0. The van der Waals surface area contributed by atoms with Gasteiger partial charge in [0.1, 0.15) is 0 Å². The van der Waals surface area contributed by atoms with Gasteiger partial charge in [0, 0.05) is 17.8 Å². The van der Waals surface area contributed by atoms with Crippen molar-refractivity contribution in [2.24, 2.45) is 5.73 Å². The molecule has 1 heterocycles. The Morgan fingerprint density at radius 3 is 2.20 bits per heavy atom. The lowest BCUT2D eigenvalue weighted by molar-refractivity contribution is 0.0695. The lowest BCUT2D eigenvalue weighted by Crippen LogP contribution is -2.20. The average molecular weight is 272 g/mol. The van der Waals surface area contributed by atoms with Crippen molar-refractivity contribution in [1.29, 1.82) is 0 Å². The molecule has 0 aliphatic carbocycles. The minimum Gasteiger partial charge on any atom is -0.478 e.